The lowest BCUT2D eigenvalue weighted by atomic mass is 9.72. The van der Waals surface area contributed by atoms with Gasteiger partial charge in [0, 0.05) is 12.4 Å². The van der Waals surface area contributed by atoms with Gasteiger partial charge in [-0.05, 0) is 37.0 Å². The highest BCUT2D eigenvalue weighted by Gasteiger charge is 2.39. The molecule has 2 amide bonds. The number of hydrazine groups is 1. The number of carbonyl (C=O) groups excluding carboxylic acids is 2. The van der Waals surface area contributed by atoms with E-state index in [0.717, 1.165) is 24.8 Å². The number of rotatable bonds is 5. The Kier molecular flexibility index (Phi) is 6.55. The van der Waals surface area contributed by atoms with Crippen molar-refractivity contribution in [2.75, 3.05) is 5.32 Å². The molecule has 7 nitrogen and oxygen atoms in total. The molecule has 3 rings (SSSR count). The maximum atomic E-state index is 13.1. The zero-order chi connectivity index (χ0) is 19.4. The number of anilines is 1. The molecule has 0 saturated heterocycles. The number of nitrogens with zero attached hydrogens (tertiary/aromatic N) is 2. The Morgan fingerprint density at radius 3 is 2.14 bits per heavy atom. The van der Waals surface area contributed by atoms with E-state index in [1.807, 2.05) is 5.43 Å². The van der Waals surface area contributed by atoms with Crippen LogP contribution in [0.1, 0.15) is 42.6 Å². The fraction of sp³-hybridized carbons (Fsp3) is 0.333. The number of halogens is 3. The van der Waals surface area contributed by atoms with Gasteiger partial charge in [0.1, 0.15) is 5.82 Å². The number of amides is 2. The van der Waals surface area contributed by atoms with E-state index >= 15 is 0 Å². The molecule has 0 bridgehead atoms. The highest BCUT2D eigenvalue weighted by molar-refractivity contribution is 5.95. The maximum Gasteiger partial charge on any atom is 0.317 e. The summed E-state index contributed by atoms with van der Waals surface area (Å²) in [7, 11) is 0. The van der Waals surface area contributed by atoms with Crippen molar-refractivity contribution in [3.8, 4) is 0 Å². The molecule has 1 aromatic heterocycles. The summed E-state index contributed by atoms with van der Waals surface area (Å²) in [5.41, 5.74) is 3.93. The molecule has 3 N–H and O–H groups in total. The van der Waals surface area contributed by atoms with Gasteiger partial charge in [-0.2, -0.15) is 8.78 Å². The minimum absolute atomic E-state index is 0. The molecule has 0 radical (unpaired) electrons. The lowest BCUT2D eigenvalue weighted by Gasteiger charge is -2.43. The second-order valence-corrected chi connectivity index (χ2v) is 6.11. The molecular weight excluding hydrogens is 375 g/mol. The number of aromatic nitrogens is 2. The maximum absolute atomic E-state index is 13.1. The van der Waals surface area contributed by atoms with Crippen LogP contribution in [0, 0.1) is 5.82 Å². The number of benzene rings is 1. The largest absolute Gasteiger partial charge is 0.345 e. The third-order valence-corrected chi connectivity index (χ3v) is 4.37. The zero-order valence-corrected chi connectivity index (χ0v) is 14.0. The normalized spacial score (nSPS) is 14.4. The highest BCUT2D eigenvalue weighted by Crippen LogP contribution is 2.43. The van der Waals surface area contributed by atoms with Crippen LogP contribution in [0.4, 0.5) is 19.1 Å². The van der Waals surface area contributed by atoms with E-state index in [-0.39, 0.29) is 24.8 Å². The number of nitrogens with one attached hydrogen (secondary N) is 3. The molecule has 0 spiro atoms. The van der Waals surface area contributed by atoms with Gasteiger partial charge in [-0.1, -0.05) is 19.6 Å². The standard InChI is InChI=1S/C17H16F3N5O2.CH4/c18-12-4-2-11(3-5-12)17(6-1-7-17)23-16-21-8-10(9-22-16)14(26)24-25-15(27)13(19)20;/h2-5,8-9,13H,1,6-7H2,(H,24,26)(H,25,27)(H,21,22,23);1H4. The summed E-state index contributed by atoms with van der Waals surface area (Å²) < 4.78 is 37.3. The fourth-order valence-electron chi connectivity index (χ4n) is 2.75. The molecule has 1 heterocycles. The van der Waals surface area contributed by atoms with Crippen LogP contribution in [0.25, 0.3) is 0 Å². The molecule has 1 aliphatic rings. The van der Waals surface area contributed by atoms with Gasteiger partial charge < -0.3 is 5.32 Å². The van der Waals surface area contributed by atoms with Gasteiger partial charge in [-0.25, -0.2) is 14.4 Å². The lowest BCUT2D eigenvalue weighted by molar-refractivity contribution is -0.132. The van der Waals surface area contributed by atoms with Crippen molar-refractivity contribution in [1.82, 2.24) is 20.8 Å². The molecule has 0 unspecified atom stereocenters. The van der Waals surface area contributed by atoms with E-state index < -0.39 is 23.8 Å². The van der Waals surface area contributed by atoms with E-state index in [0.29, 0.717) is 0 Å². The molecule has 0 atom stereocenters. The average Bonchev–Trinajstić information content (AvgIpc) is 2.63. The summed E-state index contributed by atoms with van der Waals surface area (Å²) in [5, 5.41) is 3.21. The Bertz CT molecular complexity index is 824. The van der Waals surface area contributed by atoms with Crippen LogP contribution >= 0.6 is 0 Å². The quantitative estimate of drug-likeness (QED) is 0.677. The lowest BCUT2D eigenvalue weighted by Crippen LogP contribution is -2.44. The predicted molar refractivity (Wildman–Crippen MR) is 95.9 cm³/mol. The molecular formula is C18H20F3N5O2. The van der Waals surface area contributed by atoms with Gasteiger partial charge in [-0.3, -0.25) is 20.4 Å². The molecule has 10 heteroatoms. The summed E-state index contributed by atoms with van der Waals surface area (Å²) in [4.78, 5) is 30.6. The van der Waals surface area contributed by atoms with Gasteiger partial charge >= 0.3 is 12.3 Å². The first-order chi connectivity index (χ1) is 12.9. The molecule has 150 valence electrons. The Hall–Kier alpha value is -3.17. The smallest absolute Gasteiger partial charge is 0.317 e. The van der Waals surface area contributed by atoms with Gasteiger partial charge in [-0.15, -0.1) is 0 Å². The van der Waals surface area contributed by atoms with Crippen molar-refractivity contribution in [1.29, 1.82) is 0 Å². The average molecular weight is 395 g/mol. The van der Waals surface area contributed by atoms with Crippen molar-refractivity contribution in [3.05, 3.63) is 53.6 Å². The third kappa shape index (κ3) is 4.56. The first kappa shape index (κ1) is 21.1. The third-order valence-electron chi connectivity index (χ3n) is 4.37. The molecule has 0 aliphatic heterocycles. The van der Waals surface area contributed by atoms with Crippen LogP contribution < -0.4 is 16.2 Å². The molecule has 1 aromatic carbocycles. The van der Waals surface area contributed by atoms with Crippen molar-refractivity contribution >= 4 is 17.8 Å². The van der Waals surface area contributed by atoms with Gasteiger partial charge in [0.25, 0.3) is 5.91 Å². The summed E-state index contributed by atoms with van der Waals surface area (Å²) in [6, 6.07) is 6.18. The summed E-state index contributed by atoms with van der Waals surface area (Å²) in [6.45, 7) is 0. The van der Waals surface area contributed by atoms with Crippen LogP contribution in [-0.2, 0) is 10.3 Å². The monoisotopic (exact) mass is 395 g/mol. The molecule has 1 saturated carbocycles. The zero-order valence-electron chi connectivity index (χ0n) is 14.0. The van der Waals surface area contributed by atoms with Crippen LogP contribution in [0.3, 0.4) is 0 Å². The number of alkyl halides is 2. The van der Waals surface area contributed by atoms with Gasteiger partial charge in [0.05, 0.1) is 11.1 Å². The topological polar surface area (TPSA) is 96.0 Å². The highest BCUT2D eigenvalue weighted by atomic mass is 19.3. The first-order valence-electron chi connectivity index (χ1n) is 8.14. The minimum Gasteiger partial charge on any atom is -0.345 e. The molecule has 1 fully saturated rings. The van der Waals surface area contributed by atoms with E-state index in [9.17, 15) is 22.8 Å². The predicted octanol–water partition coefficient (Wildman–Crippen LogP) is 2.77. The van der Waals surface area contributed by atoms with Crippen molar-refractivity contribution in [3.63, 3.8) is 0 Å². The van der Waals surface area contributed by atoms with Crippen LogP contribution in [0.15, 0.2) is 36.7 Å². The van der Waals surface area contributed by atoms with Gasteiger partial charge in [0.15, 0.2) is 0 Å². The molecule has 28 heavy (non-hydrogen) atoms. The Morgan fingerprint density at radius 1 is 1.04 bits per heavy atom. The summed E-state index contributed by atoms with van der Waals surface area (Å²) >= 11 is 0. The van der Waals surface area contributed by atoms with E-state index in [4.69, 9.17) is 0 Å². The Labute approximate surface area is 159 Å². The SMILES string of the molecule is C.O=C(NNC(=O)C(F)F)c1cnc(NC2(c3ccc(F)cc3)CCC2)nc1. The Morgan fingerprint density at radius 2 is 1.64 bits per heavy atom. The number of carbonyl (C=O) groups is 2. The van der Waals surface area contributed by atoms with Crippen LogP contribution in [0.2, 0.25) is 0 Å². The Balaban J connectivity index is 0.00000280. The summed E-state index contributed by atoms with van der Waals surface area (Å²) in [6.07, 6.45) is 1.81. The second kappa shape index (κ2) is 8.68. The van der Waals surface area contributed by atoms with Gasteiger partial charge in [0.2, 0.25) is 5.95 Å². The van der Waals surface area contributed by atoms with Crippen molar-refractivity contribution in [2.45, 2.75) is 38.7 Å². The number of hydrogen-bond acceptors (Lipinski definition) is 5. The van der Waals surface area contributed by atoms with Crippen molar-refractivity contribution in [2.24, 2.45) is 0 Å². The molecule has 2 aromatic rings. The number of hydrogen-bond donors (Lipinski definition) is 3. The van der Waals surface area contributed by atoms with E-state index in [2.05, 4.69) is 15.3 Å². The first-order valence-corrected chi connectivity index (χ1v) is 8.14. The van der Waals surface area contributed by atoms with E-state index in [1.54, 1.807) is 17.6 Å². The summed E-state index contributed by atoms with van der Waals surface area (Å²) in [5.74, 6) is -2.49. The van der Waals surface area contributed by atoms with Crippen LogP contribution in [0.5, 0.6) is 0 Å². The van der Waals surface area contributed by atoms with Crippen LogP contribution in [-0.4, -0.2) is 28.2 Å². The van der Waals surface area contributed by atoms with Crippen molar-refractivity contribution < 1.29 is 22.8 Å². The minimum atomic E-state index is -3.24. The molecule has 1 aliphatic carbocycles. The van der Waals surface area contributed by atoms with E-state index in [1.165, 1.54) is 24.5 Å². The fourth-order valence-corrected chi connectivity index (χ4v) is 2.75. The second-order valence-electron chi connectivity index (χ2n) is 6.11.